The molecule has 1 fully saturated rings. The summed E-state index contributed by atoms with van der Waals surface area (Å²) in [6, 6.07) is 13.3. The molecule has 0 unspecified atom stereocenters. The van der Waals surface area contributed by atoms with Crippen molar-refractivity contribution in [1.82, 2.24) is 4.90 Å². The Morgan fingerprint density at radius 2 is 2.00 bits per heavy atom. The van der Waals surface area contributed by atoms with Gasteiger partial charge in [0, 0.05) is 5.92 Å². The van der Waals surface area contributed by atoms with Crippen LogP contribution in [0, 0.1) is 11.7 Å². The van der Waals surface area contributed by atoms with Crippen molar-refractivity contribution in [3.05, 3.63) is 65.5 Å². The number of aromatic hydroxyl groups is 1. The number of benzene rings is 2. The lowest BCUT2D eigenvalue weighted by atomic mass is 9.98. The summed E-state index contributed by atoms with van der Waals surface area (Å²) in [6.07, 6.45) is 0.149. The number of rotatable bonds is 5. The normalized spacial score (nSPS) is 17.8. The number of amides is 2. The molecule has 0 radical (unpaired) electrons. The van der Waals surface area contributed by atoms with Crippen LogP contribution in [-0.2, 0) is 22.4 Å². The third-order valence-electron chi connectivity index (χ3n) is 4.49. The van der Waals surface area contributed by atoms with Gasteiger partial charge in [-0.3, -0.25) is 4.79 Å². The lowest BCUT2D eigenvalue weighted by molar-refractivity contribution is -0.132. The molecule has 2 aromatic carbocycles. The predicted molar refractivity (Wildman–Crippen MR) is 93.1 cm³/mol. The minimum atomic E-state index is -0.732. The van der Waals surface area contributed by atoms with Gasteiger partial charge in [-0.25, -0.2) is 14.1 Å². The van der Waals surface area contributed by atoms with E-state index in [1.54, 1.807) is 13.0 Å². The molecule has 2 aromatic rings. The van der Waals surface area contributed by atoms with E-state index in [4.69, 9.17) is 4.74 Å². The SMILES string of the molecule is C[C@H](Cc1ccc(O)c(F)c1)C(=O)N1C(=O)OC[C@H]1Cc1ccccc1. The highest BCUT2D eigenvalue weighted by molar-refractivity contribution is 5.94. The first-order chi connectivity index (χ1) is 12.5. The van der Waals surface area contributed by atoms with Crippen molar-refractivity contribution in [3.8, 4) is 5.75 Å². The molecular formula is C20H20FNO4. The van der Waals surface area contributed by atoms with Crippen molar-refractivity contribution < 1.29 is 23.8 Å². The molecule has 1 saturated heterocycles. The fraction of sp³-hybridized carbons (Fsp3) is 0.300. The van der Waals surface area contributed by atoms with E-state index in [2.05, 4.69) is 0 Å². The van der Waals surface area contributed by atoms with Crippen molar-refractivity contribution in [2.75, 3.05) is 6.61 Å². The summed E-state index contributed by atoms with van der Waals surface area (Å²) >= 11 is 0. The van der Waals surface area contributed by atoms with E-state index in [9.17, 15) is 19.1 Å². The zero-order valence-corrected chi connectivity index (χ0v) is 14.4. The second-order valence-electron chi connectivity index (χ2n) is 6.52. The molecule has 1 heterocycles. The zero-order valence-electron chi connectivity index (χ0n) is 14.4. The van der Waals surface area contributed by atoms with E-state index in [1.807, 2.05) is 30.3 Å². The Labute approximate surface area is 151 Å². The second-order valence-corrected chi connectivity index (χ2v) is 6.52. The molecule has 5 nitrogen and oxygen atoms in total. The quantitative estimate of drug-likeness (QED) is 0.892. The van der Waals surface area contributed by atoms with Crippen LogP contribution in [0.15, 0.2) is 48.5 Å². The van der Waals surface area contributed by atoms with Crippen LogP contribution in [0.1, 0.15) is 18.1 Å². The third kappa shape index (κ3) is 3.85. The lowest BCUT2D eigenvalue weighted by Crippen LogP contribution is -2.43. The minimum absolute atomic E-state index is 0.167. The Hall–Kier alpha value is -2.89. The van der Waals surface area contributed by atoms with Crippen LogP contribution in [0.25, 0.3) is 0 Å². The Balaban J connectivity index is 1.71. The van der Waals surface area contributed by atoms with Gasteiger partial charge in [0.25, 0.3) is 0 Å². The van der Waals surface area contributed by atoms with E-state index in [0.717, 1.165) is 5.56 Å². The average Bonchev–Trinajstić information content (AvgIpc) is 2.98. The summed E-state index contributed by atoms with van der Waals surface area (Å²) in [4.78, 5) is 26.0. The van der Waals surface area contributed by atoms with Crippen LogP contribution in [0.5, 0.6) is 5.75 Å². The highest BCUT2D eigenvalue weighted by atomic mass is 19.1. The molecule has 6 heteroatoms. The molecular weight excluding hydrogens is 337 g/mol. The molecule has 1 N–H and O–H groups in total. The molecule has 0 aromatic heterocycles. The fourth-order valence-corrected chi connectivity index (χ4v) is 3.12. The highest BCUT2D eigenvalue weighted by Crippen LogP contribution is 2.23. The molecule has 0 saturated carbocycles. The van der Waals surface area contributed by atoms with Gasteiger partial charge in [-0.1, -0.05) is 43.3 Å². The Morgan fingerprint density at radius 1 is 1.27 bits per heavy atom. The van der Waals surface area contributed by atoms with Crippen LogP contribution in [-0.4, -0.2) is 34.7 Å². The molecule has 2 amide bonds. The molecule has 2 atom stereocenters. The Kier molecular flexibility index (Phi) is 5.21. The predicted octanol–water partition coefficient (Wildman–Crippen LogP) is 3.30. The Bertz CT molecular complexity index is 809. The van der Waals surface area contributed by atoms with Crippen LogP contribution in [0.3, 0.4) is 0 Å². The smallest absolute Gasteiger partial charge is 0.416 e. The number of carbonyl (C=O) groups is 2. The molecule has 26 heavy (non-hydrogen) atoms. The summed E-state index contributed by atoms with van der Waals surface area (Å²) in [6.45, 7) is 1.86. The lowest BCUT2D eigenvalue weighted by Gasteiger charge is -2.23. The maximum absolute atomic E-state index is 13.5. The zero-order chi connectivity index (χ0) is 18.7. The van der Waals surface area contributed by atoms with Gasteiger partial charge in [0.2, 0.25) is 5.91 Å². The number of cyclic esters (lactones) is 1. The number of halogens is 1. The monoisotopic (exact) mass is 357 g/mol. The van der Waals surface area contributed by atoms with E-state index in [1.165, 1.54) is 17.0 Å². The van der Waals surface area contributed by atoms with Crippen molar-refractivity contribution in [2.45, 2.75) is 25.8 Å². The highest BCUT2D eigenvalue weighted by Gasteiger charge is 2.39. The first-order valence-electron chi connectivity index (χ1n) is 8.47. The molecule has 0 spiro atoms. The summed E-state index contributed by atoms with van der Waals surface area (Å²) in [7, 11) is 0. The first kappa shape index (κ1) is 17.9. The average molecular weight is 357 g/mol. The number of hydrogen-bond acceptors (Lipinski definition) is 4. The van der Waals surface area contributed by atoms with Gasteiger partial charge in [-0.05, 0) is 36.1 Å². The fourth-order valence-electron chi connectivity index (χ4n) is 3.12. The molecule has 3 rings (SSSR count). The number of nitrogens with zero attached hydrogens (tertiary/aromatic N) is 1. The van der Waals surface area contributed by atoms with Crippen molar-refractivity contribution >= 4 is 12.0 Å². The maximum Gasteiger partial charge on any atom is 0.416 e. The van der Waals surface area contributed by atoms with Gasteiger partial charge in [-0.15, -0.1) is 0 Å². The van der Waals surface area contributed by atoms with E-state index in [-0.39, 0.29) is 25.0 Å². The topological polar surface area (TPSA) is 66.8 Å². The largest absolute Gasteiger partial charge is 0.505 e. The molecule has 0 aliphatic carbocycles. The van der Waals surface area contributed by atoms with E-state index < -0.39 is 23.6 Å². The number of phenolic OH excluding ortho intramolecular Hbond substituents is 1. The summed E-state index contributed by atoms with van der Waals surface area (Å²) in [5, 5.41) is 9.26. The van der Waals surface area contributed by atoms with Crippen molar-refractivity contribution in [2.24, 2.45) is 5.92 Å². The van der Waals surface area contributed by atoms with Crippen LogP contribution in [0.2, 0.25) is 0 Å². The number of ether oxygens (including phenoxy) is 1. The standard InChI is InChI=1S/C20H20FNO4/c1-13(9-15-7-8-18(23)17(21)11-15)19(24)22-16(12-26-20(22)25)10-14-5-3-2-4-6-14/h2-8,11,13,16,23H,9-10,12H2,1H3/t13-,16-/m1/s1. The summed E-state index contributed by atoms with van der Waals surface area (Å²) < 4.78 is 18.6. The number of phenols is 1. The molecule has 1 aliphatic rings. The Morgan fingerprint density at radius 3 is 2.69 bits per heavy atom. The second kappa shape index (κ2) is 7.56. The van der Waals surface area contributed by atoms with Gasteiger partial charge >= 0.3 is 6.09 Å². The van der Waals surface area contributed by atoms with E-state index >= 15 is 0 Å². The van der Waals surface area contributed by atoms with Gasteiger partial charge in [0.1, 0.15) is 6.61 Å². The molecule has 1 aliphatic heterocycles. The maximum atomic E-state index is 13.5. The van der Waals surface area contributed by atoms with Gasteiger partial charge in [-0.2, -0.15) is 0 Å². The number of carbonyl (C=O) groups excluding carboxylic acids is 2. The number of hydrogen-bond donors (Lipinski definition) is 1. The van der Waals surface area contributed by atoms with Crippen molar-refractivity contribution in [3.63, 3.8) is 0 Å². The van der Waals surface area contributed by atoms with Gasteiger partial charge < -0.3 is 9.84 Å². The van der Waals surface area contributed by atoms with Crippen LogP contribution < -0.4 is 0 Å². The van der Waals surface area contributed by atoms with E-state index in [0.29, 0.717) is 12.0 Å². The first-order valence-corrected chi connectivity index (χ1v) is 8.47. The van der Waals surface area contributed by atoms with Crippen molar-refractivity contribution in [1.29, 1.82) is 0 Å². The molecule has 136 valence electrons. The minimum Gasteiger partial charge on any atom is -0.505 e. The third-order valence-corrected chi connectivity index (χ3v) is 4.49. The van der Waals surface area contributed by atoms with Crippen LogP contribution in [0.4, 0.5) is 9.18 Å². The van der Waals surface area contributed by atoms with Crippen LogP contribution >= 0.6 is 0 Å². The van der Waals surface area contributed by atoms with Gasteiger partial charge in [0.15, 0.2) is 11.6 Å². The molecule has 0 bridgehead atoms. The number of imide groups is 1. The van der Waals surface area contributed by atoms with Gasteiger partial charge in [0.05, 0.1) is 6.04 Å². The summed E-state index contributed by atoms with van der Waals surface area (Å²) in [5.74, 6) is -2.03. The summed E-state index contributed by atoms with van der Waals surface area (Å²) in [5.41, 5.74) is 1.59.